The van der Waals surface area contributed by atoms with Crippen molar-refractivity contribution in [3.8, 4) is 5.69 Å². The van der Waals surface area contributed by atoms with Crippen molar-refractivity contribution in [1.82, 2.24) is 15.1 Å². The summed E-state index contributed by atoms with van der Waals surface area (Å²) in [7, 11) is 0. The van der Waals surface area contributed by atoms with Gasteiger partial charge in [-0.05, 0) is 45.0 Å². The number of carbonyl (C=O) groups excluding carboxylic acids is 1. The molecule has 0 bridgehead atoms. The number of carboxylic acids is 1. The molecule has 2 unspecified atom stereocenters. The minimum Gasteiger partial charge on any atom is -0.481 e. The predicted molar refractivity (Wildman–Crippen MR) is 87.0 cm³/mol. The van der Waals surface area contributed by atoms with E-state index in [0.717, 1.165) is 11.4 Å². The van der Waals surface area contributed by atoms with Gasteiger partial charge in [-0.1, -0.05) is 17.7 Å². The Labute approximate surface area is 139 Å². The van der Waals surface area contributed by atoms with Gasteiger partial charge < -0.3 is 10.4 Å². The van der Waals surface area contributed by atoms with Crippen molar-refractivity contribution in [1.29, 1.82) is 0 Å². The predicted octanol–water partition coefficient (Wildman–Crippen LogP) is 2.67. The number of aryl methyl sites for hydroxylation is 1. The molecule has 1 aromatic carbocycles. The molecule has 0 fully saturated rings. The highest BCUT2D eigenvalue weighted by Crippen LogP contribution is 2.17. The third kappa shape index (κ3) is 3.90. The molecule has 0 radical (unpaired) electrons. The number of hydrogen-bond donors (Lipinski definition) is 2. The van der Waals surface area contributed by atoms with E-state index in [2.05, 4.69) is 10.4 Å². The number of nitrogens with one attached hydrogen (secondary N) is 1. The molecular formula is C16H18ClN3O3. The first-order chi connectivity index (χ1) is 10.8. The first kappa shape index (κ1) is 17.0. The fraction of sp³-hybridized carbons (Fsp3) is 0.312. The van der Waals surface area contributed by atoms with Crippen LogP contribution in [-0.2, 0) is 4.79 Å². The third-order valence-corrected chi connectivity index (χ3v) is 3.91. The van der Waals surface area contributed by atoms with Crippen LogP contribution in [0.2, 0.25) is 5.02 Å². The number of benzene rings is 1. The van der Waals surface area contributed by atoms with Gasteiger partial charge in [-0.2, -0.15) is 5.10 Å². The molecule has 6 nitrogen and oxygen atoms in total. The Morgan fingerprint density at radius 2 is 2.00 bits per heavy atom. The molecule has 1 amide bonds. The van der Waals surface area contributed by atoms with Crippen LogP contribution >= 0.6 is 11.6 Å². The molecule has 2 N–H and O–H groups in total. The van der Waals surface area contributed by atoms with Gasteiger partial charge in [0.1, 0.15) is 0 Å². The van der Waals surface area contributed by atoms with Crippen molar-refractivity contribution in [2.45, 2.75) is 26.8 Å². The maximum atomic E-state index is 12.2. The second kappa shape index (κ2) is 6.83. The zero-order valence-electron chi connectivity index (χ0n) is 13.1. The van der Waals surface area contributed by atoms with E-state index in [9.17, 15) is 9.59 Å². The average molecular weight is 336 g/mol. The van der Waals surface area contributed by atoms with Gasteiger partial charge in [0, 0.05) is 16.8 Å². The summed E-state index contributed by atoms with van der Waals surface area (Å²) in [4.78, 5) is 23.2. The number of hydrogen-bond acceptors (Lipinski definition) is 3. The number of nitrogens with zero attached hydrogens (tertiary/aromatic N) is 2. The maximum absolute atomic E-state index is 12.2. The van der Waals surface area contributed by atoms with Crippen molar-refractivity contribution in [3.63, 3.8) is 0 Å². The Hall–Kier alpha value is -2.34. The van der Waals surface area contributed by atoms with Gasteiger partial charge in [0.2, 0.25) is 0 Å². The average Bonchev–Trinajstić information content (AvgIpc) is 2.88. The van der Waals surface area contributed by atoms with E-state index in [1.54, 1.807) is 42.8 Å². The highest BCUT2D eigenvalue weighted by atomic mass is 35.5. The van der Waals surface area contributed by atoms with Crippen molar-refractivity contribution in [2.75, 3.05) is 0 Å². The van der Waals surface area contributed by atoms with E-state index in [4.69, 9.17) is 16.7 Å². The number of rotatable bonds is 5. The van der Waals surface area contributed by atoms with E-state index < -0.39 is 23.8 Å². The number of halogens is 1. The maximum Gasteiger partial charge on any atom is 0.308 e. The molecule has 1 heterocycles. The lowest BCUT2D eigenvalue weighted by molar-refractivity contribution is -0.141. The molecule has 2 aromatic rings. The molecule has 122 valence electrons. The SMILES string of the molecule is Cc1cc(C(=O)NC(C)C(C)C(=O)O)nn1-c1cccc(Cl)c1. The standard InChI is InChI=1S/C16H18ClN3O3/c1-9-7-14(15(21)18-11(3)10(2)16(22)23)19-20(9)13-6-4-5-12(17)8-13/h4-8,10-11H,1-3H3,(H,18,21)(H,22,23). The van der Waals surface area contributed by atoms with Gasteiger partial charge in [0.25, 0.3) is 5.91 Å². The van der Waals surface area contributed by atoms with E-state index in [1.807, 2.05) is 13.0 Å². The second-order valence-corrected chi connectivity index (χ2v) is 5.89. The molecule has 0 aliphatic heterocycles. The van der Waals surface area contributed by atoms with E-state index in [-0.39, 0.29) is 5.69 Å². The molecule has 2 rings (SSSR count). The topological polar surface area (TPSA) is 84.2 Å². The molecule has 1 aromatic heterocycles. The highest BCUT2D eigenvalue weighted by molar-refractivity contribution is 6.30. The largest absolute Gasteiger partial charge is 0.481 e. The van der Waals surface area contributed by atoms with Crippen molar-refractivity contribution >= 4 is 23.5 Å². The molecule has 2 atom stereocenters. The Morgan fingerprint density at radius 1 is 1.30 bits per heavy atom. The smallest absolute Gasteiger partial charge is 0.308 e. The van der Waals surface area contributed by atoms with Gasteiger partial charge in [-0.25, -0.2) is 4.68 Å². The zero-order valence-corrected chi connectivity index (χ0v) is 13.8. The van der Waals surface area contributed by atoms with E-state index in [1.165, 1.54) is 0 Å². The van der Waals surface area contributed by atoms with E-state index >= 15 is 0 Å². The van der Waals surface area contributed by atoms with E-state index in [0.29, 0.717) is 5.02 Å². The summed E-state index contributed by atoms with van der Waals surface area (Å²) in [6, 6.07) is 8.29. The Morgan fingerprint density at radius 3 is 2.61 bits per heavy atom. The van der Waals surface area contributed by atoms with Crippen LogP contribution in [0, 0.1) is 12.8 Å². The minimum atomic E-state index is -0.960. The lowest BCUT2D eigenvalue weighted by Gasteiger charge is -2.16. The first-order valence-electron chi connectivity index (χ1n) is 7.16. The van der Waals surface area contributed by atoms with Crippen LogP contribution in [0.1, 0.15) is 30.0 Å². The molecule has 23 heavy (non-hydrogen) atoms. The Kier molecular flexibility index (Phi) is 5.05. The van der Waals surface area contributed by atoms with Crippen LogP contribution in [-0.4, -0.2) is 32.8 Å². The van der Waals surface area contributed by atoms with Gasteiger partial charge in [0.05, 0.1) is 11.6 Å². The second-order valence-electron chi connectivity index (χ2n) is 5.45. The van der Waals surface area contributed by atoms with Crippen molar-refractivity contribution < 1.29 is 14.7 Å². The molecule has 0 spiro atoms. The lowest BCUT2D eigenvalue weighted by atomic mass is 10.0. The number of aliphatic carboxylic acids is 1. The summed E-state index contributed by atoms with van der Waals surface area (Å²) in [6.07, 6.45) is 0. The normalized spacial score (nSPS) is 13.4. The molecular weight excluding hydrogens is 318 g/mol. The fourth-order valence-corrected chi connectivity index (χ4v) is 2.26. The third-order valence-electron chi connectivity index (χ3n) is 3.67. The summed E-state index contributed by atoms with van der Waals surface area (Å²) in [5.41, 5.74) is 1.75. The Balaban J connectivity index is 2.20. The van der Waals surface area contributed by atoms with Gasteiger partial charge in [-0.15, -0.1) is 0 Å². The molecule has 0 aliphatic rings. The summed E-state index contributed by atoms with van der Waals surface area (Å²) < 4.78 is 1.62. The summed E-state index contributed by atoms with van der Waals surface area (Å²) in [5, 5.41) is 16.5. The van der Waals surface area contributed by atoms with Crippen LogP contribution < -0.4 is 5.32 Å². The van der Waals surface area contributed by atoms with Gasteiger partial charge in [-0.3, -0.25) is 9.59 Å². The minimum absolute atomic E-state index is 0.229. The quantitative estimate of drug-likeness (QED) is 0.879. The van der Waals surface area contributed by atoms with Crippen LogP contribution in [0.3, 0.4) is 0 Å². The molecule has 0 saturated carbocycles. The summed E-state index contributed by atoms with van der Waals surface area (Å²) >= 11 is 5.97. The van der Waals surface area contributed by atoms with Crippen molar-refractivity contribution in [2.24, 2.45) is 5.92 Å². The fourth-order valence-electron chi connectivity index (χ4n) is 2.07. The molecule has 0 aliphatic carbocycles. The van der Waals surface area contributed by atoms with Crippen LogP contribution in [0.5, 0.6) is 0 Å². The Bertz CT molecular complexity index is 742. The van der Waals surface area contributed by atoms with Crippen LogP contribution in [0.15, 0.2) is 30.3 Å². The van der Waals surface area contributed by atoms with Gasteiger partial charge >= 0.3 is 5.97 Å². The number of amides is 1. The summed E-state index contributed by atoms with van der Waals surface area (Å²) in [6.45, 7) is 5.02. The monoisotopic (exact) mass is 335 g/mol. The number of aromatic nitrogens is 2. The van der Waals surface area contributed by atoms with Gasteiger partial charge in [0.15, 0.2) is 5.69 Å². The number of carboxylic acid groups (broad SMARTS) is 1. The molecule has 7 heteroatoms. The highest BCUT2D eigenvalue weighted by Gasteiger charge is 2.23. The van der Waals surface area contributed by atoms with Crippen LogP contribution in [0.4, 0.5) is 0 Å². The summed E-state index contributed by atoms with van der Waals surface area (Å²) in [5.74, 6) is -2.05. The van der Waals surface area contributed by atoms with Crippen molar-refractivity contribution in [3.05, 3.63) is 46.7 Å². The molecule has 0 saturated heterocycles. The first-order valence-corrected chi connectivity index (χ1v) is 7.53. The zero-order chi connectivity index (χ0) is 17.1. The van der Waals surface area contributed by atoms with Crippen LogP contribution in [0.25, 0.3) is 5.69 Å². The lowest BCUT2D eigenvalue weighted by Crippen LogP contribution is -2.40. The number of carbonyl (C=O) groups is 2.